The highest BCUT2D eigenvalue weighted by atomic mass is 32.1. The molecule has 0 amide bonds. The van der Waals surface area contributed by atoms with Gasteiger partial charge in [0, 0.05) is 13.1 Å². The topological polar surface area (TPSA) is 110 Å². The molecule has 0 saturated heterocycles. The lowest BCUT2D eigenvalue weighted by atomic mass is 10.1. The number of hydrogen-bond acceptors (Lipinski definition) is 7. The first kappa shape index (κ1) is 21.9. The molecule has 0 atom stereocenters. The summed E-state index contributed by atoms with van der Waals surface area (Å²) in [7, 11) is 0. The summed E-state index contributed by atoms with van der Waals surface area (Å²) < 4.78 is 7.29. The molecule has 0 aliphatic carbocycles. The molecule has 0 fully saturated rings. The Morgan fingerprint density at radius 3 is 2.60 bits per heavy atom. The van der Waals surface area contributed by atoms with Gasteiger partial charge in [-0.2, -0.15) is 0 Å². The maximum absolute atomic E-state index is 12.8. The zero-order valence-corrected chi connectivity index (χ0v) is 18.9. The van der Waals surface area contributed by atoms with Crippen molar-refractivity contribution < 1.29 is 4.42 Å². The molecular weight excluding hydrogens is 402 g/mol. The third-order valence-corrected chi connectivity index (χ3v) is 5.49. The van der Waals surface area contributed by atoms with E-state index < -0.39 is 11.2 Å². The number of aryl methyl sites for hydroxylation is 1. The van der Waals surface area contributed by atoms with Crippen LogP contribution in [0.15, 0.2) is 31.5 Å². The fourth-order valence-corrected chi connectivity index (χ4v) is 4.02. The van der Waals surface area contributed by atoms with E-state index in [9.17, 15) is 9.59 Å². The van der Waals surface area contributed by atoms with Crippen LogP contribution in [0, 0.1) is 18.8 Å². The Hall–Kier alpha value is -2.81. The second kappa shape index (κ2) is 8.91. The number of thiophene rings is 1. The van der Waals surface area contributed by atoms with Gasteiger partial charge in [-0.05, 0) is 30.2 Å². The summed E-state index contributed by atoms with van der Waals surface area (Å²) in [6, 6.07) is 3.90. The van der Waals surface area contributed by atoms with Crippen LogP contribution < -0.4 is 21.9 Å². The van der Waals surface area contributed by atoms with Crippen molar-refractivity contribution in [3.63, 3.8) is 0 Å². The maximum Gasteiger partial charge on any atom is 0.330 e. The van der Waals surface area contributed by atoms with Crippen LogP contribution in [-0.4, -0.2) is 21.1 Å². The smallest absolute Gasteiger partial charge is 0.330 e. The predicted molar refractivity (Wildman–Crippen MR) is 121 cm³/mol. The zero-order chi connectivity index (χ0) is 22.0. The minimum Gasteiger partial charge on any atom is -0.440 e. The summed E-state index contributed by atoms with van der Waals surface area (Å²) in [5.74, 6) is 1.90. The molecule has 3 rings (SSSR count). The summed E-state index contributed by atoms with van der Waals surface area (Å²) in [5, 5.41) is 1.97. The van der Waals surface area contributed by atoms with Gasteiger partial charge in [0.2, 0.25) is 5.89 Å². The summed E-state index contributed by atoms with van der Waals surface area (Å²) in [6.45, 7) is 11.3. The highest BCUT2D eigenvalue weighted by Gasteiger charge is 2.23. The van der Waals surface area contributed by atoms with Crippen LogP contribution in [0.3, 0.4) is 0 Å². The summed E-state index contributed by atoms with van der Waals surface area (Å²) in [6.07, 6.45) is 0. The van der Waals surface area contributed by atoms with Gasteiger partial charge in [0.05, 0.1) is 11.4 Å². The molecule has 0 bridgehead atoms. The van der Waals surface area contributed by atoms with Crippen molar-refractivity contribution in [2.24, 2.45) is 11.8 Å². The van der Waals surface area contributed by atoms with Gasteiger partial charge in [0.15, 0.2) is 0 Å². The molecule has 0 unspecified atom stereocenters. The predicted octanol–water partition coefficient (Wildman–Crippen LogP) is 3.46. The van der Waals surface area contributed by atoms with E-state index in [1.807, 2.05) is 43.2 Å². The molecule has 0 aliphatic rings. The molecule has 3 heterocycles. The van der Waals surface area contributed by atoms with Crippen LogP contribution in [0.2, 0.25) is 0 Å². The largest absolute Gasteiger partial charge is 0.440 e. The lowest BCUT2D eigenvalue weighted by Gasteiger charge is -2.27. The molecule has 8 nitrogen and oxygen atoms in total. The first-order chi connectivity index (χ1) is 14.2. The van der Waals surface area contributed by atoms with E-state index in [0.717, 1.165) is 10.6 Å². The maximum atomic E-state index is 12.8. The number of nitrogen functional groups attached to an aromatic ring is 1. The zero-order valence-electron chi connectivity index (χ0n) is 18.1. The number of nitrogens with zero attached hydrogens (tertiary/aromatic N) is 3. The number of anilines is 2. The molecule has 0 saturated carbocycles. The number of oxazole rings is 1. The van der Waals surface area contributed by atoms with Crippen molar-refractivity contribution in [3.8, 4) is 10.8 Å². The molecule has 9 heteroatoms. The van der Waals surface area contributed by atoms with Crippen molar-refractivity contribution in [2.75, 3.05) is 17.2 Å². The third kappa shape index (κ3) is 4.67. The van der Waals surface area contributed by atoms with Crippen molar-refractivity contribution in [1.82, 2.24) is 14.5 Å². The molecule has 3 N–H and O–H groups in total. The van der Waals surface area contributed by atoms with E-state index in [1.165, 1.54) is 4.57 Å². The molecule has 0 aromatic carbocycles. The molecule has 162 valence electrons. The van der Waals surface area contributed by atoms with Crippen LogP contribution in [0.1, 0.15) is 39.1 Å². The van der Waals surface area contributed by atoms with E-state index in [4.69, 9.17) is 10.2 Å². The Bertz CT molecular complexity index is 1110. The van der Waals surface area contributed by atoms with Gasteiger partial charge < -0.3 is 15.1 Å². The summed E-state index contributed by atoms with van der Waals surface area (Å²) in [5.41, 5.74) is 6.40. The first-order valence-electron chi connectivity index (χ1n) is 10.0. The van der Waals surface area contributed by atoms with Crippen molar-refractivity contribution in [2.45, 2.75) is 47.7 Å². The first-order valence-corrected chi connectivity index (χ1v) is 10.9. The van der Waals surface area contributed by atoms with E-state index in [2.05, 4.69) is 23.8 Å². The van der Waals surface area contributed by atoms with Crippen LogP contribution in [0.5, 0.6) is 0 Å². The summed E-state index contributed by atoms with van der Waals surface area (Å²) in [4.78, 5) is 35.0. The third-order valence-electron chi connectivity index (χ3n) is 4.63. The van der Waals surface area contributed by atoms with Crippen molar-refractivity contribution in [3.05, 3.63) is 49.8 Å². The van der Waals surface area contributed by atoms with E-state index in [1.54, 1.807) is 11.3 Å². The minimum absolute atomic E-state index is 0.178. The van der Waals surface area contributed by atoms with Crippen LogP contribution in [0.25, 0.3) is 10.8 Å². The Kier molecular flexibility index (Phi) is 6.50. The van der Waals surface area contributed by atoms with Gasteiger partial charge in [-0.25, -0.2) is 9.78 Å². The number of aromatic nitrogens is 3. The lowest BCUT2D eigenvalue weighted by molar-refractivity contribution is 0.505. The lowest BCUT2D eigenvalue weighted by Crippen LogP contribution is -2.40. The molecule has 3 aromatic heterocycles. The van der Waals surface area contributed by atoms with Crippen LogP contribution in [-0.2, 0) is 13.1 Å². The molecule has 0 spiro atoms. The van der Waals surface area contributed by atoms with Gasteiger partial charge >= 0.3 is 5.69 Å². The van der Waals surface area contributed by atoms with Crippen molar-refractivity contribution in [1.29, 1.82) is 0 Å². The summed E-state index contributed by atoms with van der Waals surface area (Å²) >= 11 is 1.56. The Morgan fingerprint density at radius 2 is 2.00 bits per heavy atom. The Labute approximate surface area is 179 Å². The quantitative estimate of drug-likeness (QED) is 0.565. The fourth-order valence-electron chi connectivity index (χ4n) is 3.37. The van der Waals surface area contributed by atoms with Crippen molar-refractivity contribution >= 4 is 22.8 Å². The second-order valence-corrected chi connectivity index (χ2v) is 9.22. The molecule has 30 heavy (non-hydrogen) atoms. The second-order valence-electron chi connectivity index (χ2n) is 8.27. The van der Waals surface area contributed by atoms with Crippen LogP contribution >= 0.6 is 11.3 Å². The Morgan fingerprint density at radius 1 is 1.27 bits per heavy atom. The molecule has 0 aliphatic heterocycles. The monoisotopic (exact) mass is 431 g/mol. The number of nitrogens with one attached hydrogen (secondary N) is 1. The Balaban J connectivity index is 2.04. The molecule has 3 aromatic rings. The normalized spacial score (nSPS) is 11.6. The van der Waals surface area contributed by atoms with Gasteiger partial charge in [0.1, 0.15) is 23.0 Å². The van der Waals surface area contributed by atoms with Crippen LogP contribution in [0.4, 0.5) is 11.5 Å². The van der Waals surface area contributed by atoms with Gasteiger partial charge in [-0.1, -0.05) is 33.8 Å². The van der Waals surface area contributed by atoms with E-state index in [0.29, 0.717) is 37.0 Å². The van der Waals surface area contributed by atoms with E-state index >= 15 is 0 Å². The fraction of sp³-hybridized carbons (Fsp3) is 0.476. The number of nitrogens with two attached hydrogens (primary N) is 1. The highest BCUT2D eigenvalue weighted by Crippen LogP contribution is 2.28. The van der Waals surface area contributed by atoms with Gasteiger partial charge in [-0.15, -0.1) is 11.3 Å². The minimum atomic E-state index is -0.489. The average molecular weight is 432 g/mol. The molecular formula is C21H29N5O3S. The van der Waals surface area contributed by atoms with Gasteiger partial charge in [-0.3, -0.25) is 14.3 Å². The average Bonchev–Trinajstić information content (AvgIpc) is 3.28. The molecule has 0 radical (unpaired) electrons. The number of hydrogen-bond donors (Lipinski definition) is 2. The number of rotatable bonds is 8. The van der Waals surface area contributed by atoms with E-state index in [-0.39, 0.29) is 17.7 Å². The number of aromatic amines is 1. The standard InChI is InChI=1S/C21H29N5O3S/c1-12(2)9-25(11-15-14(5)29-20(23-15)16-7-6-8-30-16)17-18(22)26(10-13(3)4)21(28)24-19(17)27/h6-8,12-13H,9-11,22H2,1-5H3,(H,24,27,28). The highest BCUT2D eigenvalue weighted by molar-refractivity contribution is 7.13. The van der Waals surface area contributed by atoms with Gasteiger partial charge in [0.25, 0.3) is 5.56 Å². The SMILES string of the molecule is Cc1oc(-c2cccs2)nc1CN(CC(C)C)c1c(N)n(CC(C)C)c(=O)[nH]c1=O. The number of H-pyrrole nitrogens is 1.